The lowest BCUT2D eigenvalue weighted by atomic mass is 9.88. The minimum atomic E-state index is -1.02. The van der Waals surface area contributed by atoms with Gasteiger partial charge in [-0.3, -0.25) is 4.79 Å². The van der Waals surface area contributed by atoms with Crippen LogP contribution in [0.5, 0.6) is 5.75 Å². The molecule has 7 heteroatoms. The number of Topliss-reactive ketones (excluding diaryl/α,β-unsaturated/α-hetero) is 1. The van der Waals surface area contributed by atoms with Gasteiger partial charge in [-0.1, -0.05) is 40.2 Å². The molecule has 0 radical (unpaired) electrons. The molecule has 1 fully saturated rings. The van der Waals surface area contributed by atoms with Crippen molar-refractivity contribution in [3.05, 3.63) is 61.8 Å². The maximum absolute atomic E-state index is 13.7. The monoisotopic (exact) mass is 486 g/mol. The molecule has 1 aliphatic carbocycles. The topological polar surface area (TPSA) is 105 Å². The Balaban J connectivity index is 1.82. The van der Waals surface area contributed by atoms with E-state index in [2.05, 4.69) is 19.1 Å². The summed E-state index contributed by atoms with van der Waals surface area (Å²) in [6, 6.07) is 5.60. The van der Waals surface area contributed by atoms with Gasteiger partial charge in [0.05, 0.1) is 0 Å². The Bertz CT molecular complexity index is 1130. The smallest absolute Gasteiger partial charge is 0.350 e. The number of carbonyl (C=O) groups excluding carboxylic acids is 1. The third-order valence-corrected chi connectivity index (χ3v) is 8.45. The molecule has 3 rings (SSSR count). The standard InChI is InChI=1S/C27H34O6S/c1-5-7-11-18-13-14-21(34-18)24-17(4)27(24,6-2)25(31)23-19(28)15-20(33-26(23)32)16(3)10-8-9-12-22(29)30/h9,12-17,24,28H,5-8,10-11H2,1-4H3,(H,29,30)/b12-9+/t16?,17-,24?,27?/m0/s1. The number of aromatic hydroxyl groups is 1. The fourth-order valence-corrected chi connectivity index (χ4v) is 6.45. The summed E-state index contributed by atoms with van der Waals surface area (Å²) in [7, 11) is 0. The summed E-state index contributed by atoms with van der Waals surface area (Å²) < 4.78 is 5.47. The summed E-state index contributed by atoms with van der Waals surface area (Å²) in [4.78, 5) is 39.6. The maximum Gasteiger partial charge on any atom is 0.350 e. The van der Waals surface area contributed by atoms with E-state index in [4.69, 9.17) is 9.52 Å². The summed E-state index contributed by atoms with van der Waals surface area (Å²) in [5, 5.41) is 19.4. The Kier molecular flexibility index (Phi) is 8.18. The predicted octanol–water partition coefficient (Wildman–Crippen LogP) is 6.29. The number of hydrogen-bond donors (Lipinski definition) is 2. The summed E-state index contributed by atoms with van der Waals surface area (Å²) in [6.07, 6.45) is 7.50. The van der Waals surface area contributed by atoms with E-state index >= 15 is 0 Å². The SMILES string of the molecule is CCCCc1ccc(C2[C@H](C)C2(CC)C(=O)c2c(O)cc(C(C)CC/C=C/C(=O)O)oc2=O)s1. The van der Waals surface area contributed by atoms with Crippen molar-refractivity contribution in [1.29, 1.82) is 0 Å². The number of thiophene rings is 1. The van der Waals surface area contributed by atoms with Gasteiger partial charge in [-0.15, -0.1) is 11.3 Å². The summed E-state index contributed by atoms with van der Waals surface area (Å²) in [6.45, 7) is 7.99. The van der Waals surface area contributed by atoms with Gasteiger partial charge in [0.2, 0.25) is 0 Å². The summed E-state index contributed by atoms with van der Waals surface area (Å²) in [5.41, 5.74) is -1.79. The molecular formula is C27H34O6S. The first-order valence-electron chi connectivity index (χ1n) is 12.1. The highest BCUT2D eigenvalue weighted by Gasteiger charge is 2.67. The molecule has 0 aromatic carbocycles. The number of carboxylic acids is 1. The zero-order chi connectivity index (χ0) is 25.0. The normalized spacial score (nSPS) is 22.7. The number of carbonyl (C=O) groups is 2. The number of carboxylic acid groups (broad SMARTS) is 1. The molecule has 0 spiro atoms. The second kappa shape index (κ2) is 10.7. The lowest BCUT2D eigenvalue weighted by Crippen LogP contribution is -2.25. The maximum atomic E-state index is 13.7. The third-order valence-electron chi connectivity index (χ3n) is 7.22. The van der Waals surface area contributed by atoms with Gasteiger partial charge in [0.1, 0.15) is 17.1 Å². The van der Waals surface area contributed by atoms with E-state index < -0.39 is 17.0 Å². The van der Waals surface area contributed by atoms with Crippen LogP contribution in [0, 0.1) is 11.3 Å². The van der Waals surface area contributed by atoms with Crippen LogP contribution in [0.1, 0.15) is 97.5 Å². The van der Waals surface area contributed by atoms with E-state index in [9.17, 15) is 19.5 Å². The van der Waals surface area contributed by atoms with Crippen LogP contribution in [-0.4, -0.2) is 22.0 Å². The van der Waals surface area contributed by atoms with Gasteiger partial charge in [-0.05, 0) is 50.2 Å². The number of ketones is 1. The molecule has 2 aromatic rings. The molecule has 34 heavy (non-hydrogen) atoms. The van der Waals surface area contributed by atoms with E-state index in [0.717, 1.165) is 30.2 Å². The minimum Gasteiger partial charge on any atom is -0.507 e. The molecule has 6 nitrogen and oxygen atoms in total. The third kappa shape index (κ3) is 5.04. The Hall–Kier alpha value is -2.67. The number of aliphatic carboxylic acids is 1. The summed E-state index contributed by atoms with van der Waals surface area (Å²) >= 11 is 1.74. The zero-order valence-electron chi connectivity index (χ0n) is 20.3. The average Bonchev–Trinajstić information content (AvgIpc) is 3.13. The fraction of sp³-hybridized carbons (Fsp3) is 0.519. The van der Waals surface area contributed by atoms with Crippen LogP contribution in [-0.2, 0) is 11.2 Å². The van der Waals surface area contributed by atoms with Crippen molar-refractivity contribution in [2.24, 2.45) is 11.3 Å². The van der Waals surface area contributed by atoms with Crippen LogP contribution in [0.2, 0.25) is 0 Å². The predicted molar refractivity (Wildman–Crippen MR) is 133 cm³/mol. The van der Waals surface area contributed by atoms with E-state index in [1.165, 1.54) is 17.0 Å². The van der Waals surface area contributed by atoms with Gasteiger partial charge in [0.15, 0.2) is 5.78 Å². The van der Waals surface area contributed by atoms with Crippen LogP contribution in [0.25, 0.3) is 0 Å². The number of unbranched alkanes of at least 4 members (excludes halogenated alkanes) is 1. The van der Waals surface area contributed by atoms with Gasteiger partial charge < -0.3 is 14.6 Å². The van der Waals surface area contributed by atoms with E-state index in [1.807, 2.05) is 20.8 Å². The first kappa shape index (κ1) is 25.9. The largest absolute Gasteiger partial charge is 0.507 e. The Morgan fingerprint density at radius 1 is 1.29 bits per heavy atom. The highest BCUT2D eigenvalue weighted by Crippen LogP contribution is 2.69. The highest BCUT2D eigenvalue weighted by molar-refractivity contribution is 7.12. The second-order valence-corrected chi connectivity index (χ2v) is 10.5. The number of rotatable bonds is 12. The van der Waals surface area contributed by atoms with Gasteiger partial charge in [0.25, 0.3) is 0 Å². The molecule has 0 bridgehead atoms. The molecule has 4 atom stereocenters. The lowest BCUT2D eigenvalue weighted by Gasteiger charge is -2.16. The van der Waals surface area contributed by atoms with E-state index in [1.54, 1.807) is 11.3 Å². The molecule has 2 heterocycles. The van der Waals surface area contributed by atoms with E-state index in [0.29, 0.717) is 19.3 Å². The van der Waals surface area contributed by atoms with Crippen LogP contribution in [0.3, 0.4) is 0 Å². The van der Waals surface area contributed by atoms with Crippen molar-refractivity contribution >= 4 is 23.1 Å². The van der Waals surface area contributed by atoms with Crippen molar-refractivity contribution in [3.63, 3.8) is 0 Å². The Labute approximate surface area is 204 Å². The number of hydrogen-bond acceptors (Lipinski definition) is 6. The minimum absolute atomic E-state index is 0.0313. The van der Waals surface area contributed by atoms with Crippen molar-refractivity contribution in [2.45, 2.75) is 78.1 Å². The van der Waals surface area contributed by atoms with Crippen molar-refractivity contribution in [3.8, 4) is 5.75 Å². The molecule has 2 aromatic heterocycles. The molecule has 0 saturated heterocycles. The van der Waals surface area contributed by atoms with Crippen molar-refractivity contribution in [2.75, 3.05) is 0 Å². The quantitative estimate of drug-likeness (QED) is 0.270. The lowest BCUT2D eigenvalue weighted by molar-refractivity contribution is -0.131. The Morgan fingerprint density at radius 2 is 2.03 bits per heavy atom. The van der Waals surface area contributed by atoms with Gasteiger partial charge in [0, 0.05) is 39.1 Å². The highest BCUT2D eigenvalue weighted by atomic mass is 32.1. The molecule has 0 amide bonds. The van der Waals surface area contributed by atoms with E-state index in [-0.39, 0.29) is 40.6 Å². The molecule has 1 saturated carbocycles. The van der Waals surface area contributed by atoms with Gasteiger partial charge in [-0.2, -0.15) is 0 Å². The average molecular weight is 487 g/mol. The van der Waals surface area contributed by atoms with Crippen LogP contribution in [0.15, 0.2) is 39.6 Å². The first-order valence-corrected chi connectivity index (χ1v) is 12.9. The van der Waals surface area contributed by atoms with Crippen LogP contribution in [0.4, 0.5) is 0 Å². The first-order chi connectivity index (χ1) is 16.2. The fourth-order valence-electron chi connectivity index (χ4n) is 5.08. The van der Waals surface area contributed by atoms with Crippen LogP contribution >= 0.6 is 11.3 Å². The molecule has 2 N–H and O–H groups in total. The molecular weight excluding hydrogens is 452 g/mol. The Morgan fingerprint density at radius 3 is 2.65 bits per heavy atom. The molecule has 0 aliphatic heterocycles. The van der Waals surface area contributed by atoms with Gasteiger partial charge in [-0.25, -0.2) is 9.59 Å². The molecule has 3 unspecified atom stereocenters. The van der Waals surface area contributed by atoms with Crippen molar-refractivity contribution in [1.82, 2.24) is 0 Å². The van der Waals surface area contributed by atoms with Crippen molar-refractivity contribution < 1.29 is 24.2 Å². The summed E-state index contributed by atoms with van der Waals surface area (Å²) in [5.74, 6) is -1.54. The zero-order valence-corrected chi connectivity index (χ0v) is 21.1. The molecule has 1 aliphatic rings. The van der Waals surface area contributed by atoms with Crippen LogP contribution < -0.4 is 5.63 Å². The number of allylic oxidation sites excluding steroid dienone is 1. The second-order valence-electron chi connectivity index (χ2n) is 9.31. The molecule has 184 valence electrons. The number of aryl methyl sites for hydroxylation is 1. The van der Waals surface area contributed by atoms with Gasteiger partial charge >= 0.3 is 11.6 Å².